The Balaban J connectivity index is 3.03. The van der Waals surface area contributed by atoms with E-state index in [0.29, 0.717) is 6.61 Å². The molecule has 0 aromatic heterocycles. The lowest BCUT2D eigenvalue weighted by Crippen LogP contribution is -2.18. The highest BCUT2D eigenvalue weighted by Crippen LogP contribution is 2.37. The molecular formula is C14H23NO3S. The van der Waals surface area contributed by atoms with Gasteiger partial charge in [-0.1, -0.05) is 0 Å². The summed E-state index contributed by atoms with van der Waals surface area (Å²) in [6, 6.07) is 4.06. The van der Waals surface area contributed by atoms with E-state index in [9.17, 15) is 0 Å². The Morgan fingerprint density at radius 3 is 2.47 bits per heavy atom. The maximum Gasteiger partial charge on any atom is 0.135 e. The zero-order valence-electron chi connectivity index (χ0n) is 12.1. The lowest BCUT2D eigenvalue weighted by Gasteiger charge is -2.16. The van der Waals surface area contributed by atoms with Crippen molar-refractivity contribution < 1.29 is 14.2 Å². The van der Waals surface area contributed by atoms with Crippen LogP contribution in [-0.2, 0) is 11.2 Å². The van der Waals surface area contributed by atoms with Crippen LogP contribution < -0.4 is 15.2 Å². The van der Waals surface area contributed by atoms with Crippen molar-refractivity contribution in [1.82, 2.24) is 0 Å². The van der Waals surface area contributed by atoms with Crippen molar-refractivity contribution in [2.75, 3.05) is 33.7 Å². The molecule has 1 atom stereocenters. The molecule has 0 spiro atoms. The number of ether oxygens (including phenoxy) is 3. The largest absolute Gasteiger partial charge is 0.497 e. The molecule has 2 N–H and O–H groups in total. The summed E-state index contributed by atoms with van der Waals surface area (Å²) in [7, 11) is 5.05. The molecule has 1 rings (SSSR count). The summed E-state index contributed by atoms with van der Waals surface area (Å²) in [5.74, 6) is 2.59. The smallest absolute Gasteiger partial charge is 0.135 e. The fourth-order valence-electron chi connectivity index (χ4n) is 1.82. The summed E-state index contributed by atoms with van der Waals surface area (Å²) >= 11 is 1.70. The molecule has 0 radical (unpaired) electrons. The minimum Gasteiger partial charge on any atom is -0.497 e. The highest BCUT2D eigenvalue weighted by atomic mass is 32.2. The van der Waals surface area contributed by atoms with Crippen molar-refractivity contribution in [3.05, 3.63) is 17.7 Å². The average Bonchev–Trinajstić information content (AvgIpc) is 2.38. The van der Waals surface area contributed by atoms with Gasteiger partial charge in [0.25, 0.3) is 0 Å². The standard InChI is InChI=1S/C14H23NO3S/c1-10(15)7-11-8-12(17-3)9-13(14(11)18-4)19-6-5-16-2/h8-10H,5-7,15H2,1-4H3/i8+1. The first kappa shape index (κ1) is 16.1. The van der Waals surface area contributed by atoms with Gasteiger partial charge in [0.2, 0.25) is 0 Å². The maximum atomic E-state index is 5.89. The minimum absolute atomic E-state index is 0.0813. The van der Waals surface area contributed by atoms with E-state index < -0.39 is 0 Å². The molecule has 0 bridgehead atoms. The van der Waals surface area contributed by atoms with Gasteiger partial charge in [-0.2, -0.15) is 0 Å². The Labute approximate surface area is 119 Å². The van der Waals surface area contributed by atoms with Gasteiger partial charge in [0.15, 0.2) is 0 Å². The van der Waals surface area contributed by atoms with Crippen LogP contribution in [0, 0.1) is 0 Å². The summed E-state index contributed by atoms with van der Waals surface area (Å²) in [4.78, 5) is 1.06. The van der Waals surface area contributed by atoms with Crippen molar-refractivity contribution in [3.63, 3.8) is 0 Å². The van der Waals surface area contributed by atoms with E-state index in [4.69, 9.17) is 19.9 Å². The maximum absolute atomic E-state index is 5.89. The summed E-state index contributed by atoms with van der Waals surface area (Å²) in [6.45, 7) is 2.68. The molecule has 0 saturated heterocycles. The van der Waals surface area contributed by atoms with E-state index in [-0.39, 0.29) is 6.04 Å². The van der Waals surface area contributed by atoms with Crippen molar-refractivity contribution >= 4 is 11.8 Å². The minimum atomic E-state index is 0.0813. The Morgan fingerprint density at radius 2 is 1.95 bits per heavy atom. The van der Waals surface area contributed by atoms with E-state index in [1.165, 1.54) is 0 Å². The van der Waals surface area contributed by atoms with Gasteiger partial charge in [-0.25, -0.2) is 0 Å². The van der Waals surface area contributed by atoms with Gasteiger partial charge in [0, 0.05) is 24.5 Å². The summed E-state index contributed by atoms with van der Waals surface area (Å²) in [5.41, 5.74) is 6.97. The van der Waals surface area contributed by atoms with Crippen LogP contribution in [-0.4, -0.2) is 39.7 Å². The first-order valence-corrected chi connectivity index (χ1v) is 7.23. The third-order valence-electron chi connectivity index (χ3n) is 2.63. The number of rotatable bonds is 8. The molecule has 4 nitrogen and oxygen atoms in total. The zero-order valence-corrected chi connectivity index (χ0v) is 12.9. The SMILES string of the molecule is COCCSc1cc(OC)[13cH]c(CC(C)N)c1OC. The molecule has 0 saturated carbocycles. The van der Waals surface area contributed by atoms with Crippen LogP contribution in [0.2, 0.25) is 0 Å². The lowest BCUT2D eigenvalue weighted by atomic mass is 10.1. The number of hydrogen-bond acceptors (Lipinski definition) is 5. The van der Waals surface area contributed by atoms with Gasteiger partial charge in [-0.15, -0.1) is 11.8 Å². The molecule has 1 aromatic rings. The molecule has 5 heteroatoms. The quantitative estimate of drug-likeness (QED) is 0.587. The highest BCUT2D eigenvalue weighted by Gasteiger charge is 2.14. The molecular weight excluding hydrogens is 263 g/mol. The molecule has 0 amide bonds. The van der Waals surface area contributed by atoms with Gasteiger partial charge in [-0.3, -0.25) is 0 Å². The lowest BCUT2D eigenvalue weighted by molar-refractivity contribution is 0.218. The van der Waals surface area contributed by atoms with Gasteiger partial charge in [0.1, 0.15) is 11.5 Å². The van der Waals surface area contributed by atoms with Crippen LogP contribution in [0.15, 0.2) is 17.0 Å². The second-order valence-corrected chi connectivity index (χ2v) is 5.48. The normalized spacial score (nSPS) is 12.3. The molecule has 0 heterocycles. The number of thioether (sulfide) groups is 1. The Kier molecular flexibility index (Phi) is 7.05. The van der Waals surface area contributed by atoms with Crippen LogP contribution in [0.1, 0.15) is 12.5 Å². The van der Waals surface area contributed by atoms with E-state index in [0.717, 1.165) is 34.1 Å². The average molecular weight is 286 g/mol. The van der Waals surface area contributed by atoms with Crippen molar-refractivity contribution in [2.45, 2.75) is 24.3 Å². The molecule has 0 aliphatic carbocycles. The summed E-state index contributed by atoms with van der Waals surface area (Å²) in [5, 5.41) is 0. The predicted octanol–water partition coefficient (Wildman–Crippen LogP) is 2.33. The van der Waals surface area contributed by atoms with Crippen LogP contribution in [0.5, 0.6) is 11.5 Å². The van der Waals surface area contributed by atoms with Gasteiger partial charge in [-0.05, 0) is 25.5 Å². The number of hydrogen-bond donors (Lipinski definition) is 1. The second-order valence-electron chi connectivity index (χ2n) is 4.34. The fraction of sp³-hybridized carbons (Fsp3) is 0.571. The van der Waals surface area contributed by atoms with Crippen LogP contribution in [0.4, 0.5) is 0 Å². The first-order chi connectivity index (χ1) is 9.12. The van der Waals surface area contributed by atoms with E-state index in [2.05, 4.69) is 0 Å². The first-order valence-electron chi connectivity index (χ1n) is 6.24. The number of methoxy groups -OCH3 is 3. The van der Waals surface area contributed by atoms with E-state index in [1.807, 2.05) is 19.1 Å². The van der Waals surface area contributed by atoms with Crippen molar-refractivity contribution in [3.8, 4) is 11.5 Å². The highest BCUT2D eigenvalue weighted by molar-refractivity contribution is 7.99. The Bertz CT molecular complexity index is 397. The van der Waals surface area contributed by atoms with Gasteiger partial charge in [0.05, 0.1) is 25.7 Å². The third kappa shape index (κ3) is 4.93. The monoisotopic (exact) mass is 286 g/mol. The van der Waals surface area contributed by atoms with Crippen LogP contribution >= 0.6 is 11.8 Å². The van der Waals surface area contributed by atoms with Crippen LogP contribution in [0.3, 0.4) is 0 Å². The number of benzene rings is 1. The van der Waals surface area contributed by atoms with Crippen molar-refractivity contribution in [2.24, 2.45) is 5.73 Å². The molecule has 19 heavy (non-hydrogen) atoms. The van der Waals surface area contributed by atoms with Gasteiger partial charge < -0.3 is 19.9 Å². The molecule has 0 aliphatic heterocycles. The van der Waals surface area contributed by atoms with E-state index in [1.54, 1.807) is 33.1 Å². The molecule has 108 valence electrons. The van der Waals surface area contributed by atoms with E-state index >= 15 is 0 Å². The topological polar surface area (TPSA) is 53.7 Å². The molecule has 1 unspecified atom stereocenters. The van der Waals surface area contributed by atoms with Crippen LogP contribution in [0.25, 0.3) is 0 Å². The number of nitrogens with two attached hydrogens (primary N) is 1. The summed E-state index contributed by atoms with van der Waals surface area (Å²) in [6.07, 6.45) is 0.762. The summed E-state index contributed by atoms with van der Waals surface area (Å²) < 4.78 is 16.0. The van der Waals surface area contributed by atoms with Gasteiger partial charge >= 0.3 is 0 Å². The molecule has 0 fully saturated rings. The molecule has 0 aliphatic rings. The Morgan fingerprint density at radius 1 is 1.21 bits per heavy atom. The predicted molar refractivity (Wildman–Crippen MR) is 79.5 cm³/mol. The molecule has 1 aromatic carbocycles. The second kappa shape index (κ2) is 8.30. The zero-order chi connectivity index (χ0) is 14.3. The van der Waals surface area contributed by atoms with Crippen molar-refractivity contribution in [1.29, 1.82) is 0 Å². The third-order valence-corrected chi connectivity index (χ3v) is 3.62. The fourth-order valence-corrected chi connectivity index (χ4v) is 2.84. The Hall–Kier alpha value is -0.910.